The molecule has 16 atom stereocenters. The second-order valence-corrected chi connectivity index (χ2v) is 24.1. The van der Waals surface area contributed by atoms with E-state index in [0.717, 1.165) is 36.9 Å². The summed E-state index contributed by atoms with van der Waals surface area (Å²) in [5.74, 6) is 0. The lowest BCUT2D eigenvalue weighted by Crippen LogP contribution is -2.40. The van der Waals surface area contributed by atoms with Gasteiger partial charge in [0.2, 0.25) is 0 Å². The molecule has 0 unspecified atom stereocenters. The van der Waals surface area contributed by atoms with E-state index in [1.54, 1.807) is 0 Å². The molecule has 8 rings (SSSR count). The van der Waals surface area contributed by atoms with Gasteiger partial charge >= 0.3 is 54.0 Å². The number of aryl methyl sites for hydroxylation is 2. The molecule has 4 aliphatic heterocycles. The van der Waals surface area contributed by atoms with Crippen LogP contribution in [0.1, 0.15) is 68.9 Å². The van der Waals surface area contributed by atoms with Gasteiger partial charge in [0.05, 0.1) is 48.7 Å². The van der Waals surface area contributed by atoms with Crippen LogP contribution in [0.25, 0.3) is 0 Å². The number of hydrogen-bond acceptors (Lipinski definition) is 28. The minimum absolute atomic E-state index is 0. The zero-order valence-corrected chi connectivity index (χ0v) is 48.9. The lowest BCUT2D eigenvalue weighted by atomic mass is 10.0. The monoisotopic (exact) mass is 1400 g/mol. The van der Waals surface area contributed by atoms with Crippen molar-refractivity contribution in [3.8, 4) is 0 Å². The summed E-state index contributed by atoms with van der Waals surface area (Å²) in [7, 11) is -13.8. The van der Waals surface area contributed by atoms with Crippen molar-refractivity contribution in [3.63, 3.8) is 0 Å². The SMILES string of the molecule is C.C.C.Cn1c(=O)[nH]cc([C@@H]2O[C@H](COP(=O)(O)O)[C@@H](O)[C@H]2O)c1=O.Cn1cc([C@@H]2O[C@H](COP(=O)(O)O)[C@@H](O)[C@H]2O)c(=O)[nH]c1=O.Cn1cc([C@@H]2O[C@H](COP(=O)(O)O)[C@@H](O)[C@H]2O)c(=O)n(C)c1=O.O=c1[nH]cc([C@@H]2O[C@H](COP(=O)(O)O)[C@@H](O)[C@H]2O)c(=O)[nH]1. The fourth-order valence-corrected chi connectivity index (χ4v) is 9.86. The fourth-order valence-electron chi connectivity index (χ4n) is 8.49. The Bertz CT molecular complexity index is 3750. The Labute approximate surface area is 508 Å². The molecule has 0 amide bonds. The van der Waals surface area contributed by atoms with Crippen molar-refractivity contribution in [2.45, 2.75) is 120 Å². The summed E-state index contributed by atoms with van der Waals surface area (Å²) in [5, 5.41) is 79.0. The molecule has 520 valence electrons. The minimum atomic E-state index is -4.77. The van der Waals surface area contributed by atoms with E-state index in [0.29, 0.717) is 0 Å². The molecule has 0 aliphatic carbocycles. The van der Waals surface area contributed by atoms with Gasteiger partial charge in [-0.3, -0.25) is 56.4 Å². The molecule has 4 aliphatic rings. The van der Waals surface area contributed by atoms with Crippen LogP contribution in [0.2, 0.25) is 0 Å². The Morgan fingerprint density at radius 3 is 1.08 bits per heavy atom. The average molecular weight is 1400 g/mol. The van der Waals surface area contributed by atoms with Gasteiger partial charge in [0.25, 0.3) is 22.2 Å². The maximum absolute atomic E-state index is 12.1. The van der Waals surface area contributed by atoms with Gasteiger partial charge in [-0.1, -0.05) is 22.3 Å². The van der Waals surface area contributed by atoms with Crippen molar-refractivity contribution in [1.82, 2.24) is 38.2 Å². The molecule has 4 aromatic rings. The van der Waals surface area contributed by atoms with Crippen LogP contribution < -0.4 is 45.0 Å². The van der Waals surface area contributed by atoms with Gasteiger partial charge in [0.1, 0.15) is 97.7 Å². The molecule has 91 heavy (non-hydrogen) atoms. The van der Waals surface area contributed by atoms with Crippen LogP contribution in [0.3, 0.4) is 0 Å². The van der Waals surface area contributed by atoms with Crippen molar-refractivity contribution in [2.75, 3.05) is 26.4 Å². The first-order valence-electron chi connectivity index (χ1n) is 24.5. The van der Waals surface area contributed by atoms with Crippen LogP contribution in [0, 0.1) is 0 Å². The van der Waals surface area contributed by atoms with E-state index in [2.05, 4.69) is 28.1 Å². The van der Waals surface area contributed by atoms with E-state index in [1.807, 2.05) is 9.97 Å². The Morgan fingerprint density at radius 2 is 0.714 bits per heavy atom. The number of nitrogens with zero attached hydrogens (tertiary/aromatic N) is 4. The zero-order valence-electron chi connectivity index (χ0n) is 45.3. The molecule has 0 bridgehead atoms. The summed E-state index contributed by atoms with van der Waals surface area (Å²) in [6, 6.07) is 0. The number of phosphoric acid groups is 4. The van der Waals surface area contributed by atoms with E-state index in [1.165, 1.54) is 34.4 Å². The lowest BCUT2D eigenvalue weighted by molar-refractivity contribution is -0.0230. The summed E-state index contributed by atoms with van der Waals surface area (Å²) in [6.45, 7) is -2.71. The van der Waals surface area contributed by atoms with Crippen LogP contribution in [-0.4, -0.2) is 218 Å². The molecule has 8 heterocycles. The summed E-state index contributed by atoms with van der Waals surface area (Å²) in [6.07, 6.45) is -17.8. The van der Waals surface area contributed by atoms with E-state index in [4.69, 9.17) is 58.1 Å². The summed E-state index contributed by atoms with van der Waals surface area (Å²) < 4.78 is 84.1. The van der Waals surface area contributed by atoms with Crippen molar-refractivity contribution in [2.24, 2.45) is 28.2 Å². The number of hydrogen-bond donors (Lipinski definition) is 20. The third-order valence-electron chi connectivity index (χ3n) is 13.0. The largest absolute Gasteiger partial charge is 0.469 e. The van der Waals surface area contributed by atoms with Crippen LogP contribution >= 0.6 is 31.3 Å². The normalized spacial score (nSPS) is 28.0. The number of aromatic amines is 4. The zero-order chi connectivity index (χ0) is 66.6. The van der Waals surface area contributed by atoms with Crippen molar-refractivity contribution < 1.29 is 135 Å². The molecule has 0 radical (unpaired) electrons. The molecule has 0 spiro atoms. The molecule has 4 saturated heterocycles. The molecule has 0 aromatic carbocycles. The molecular formula is C43H72N8O36P4. The van der Waals surface area contributed by atoms with Crippen molar-refractivity contribution in [1.29, 1.82) is 0 Å². The molecule has 48 heteroatoms. The highest BCUT2D eigenvalue weighted by Crippen LogP contribution is 2.42. The van der Waals surface area contributed by atoms with E-state index in [9.17, 15) is 97.5 Å². The topological polar surface area (TPSA) is 685 Å². The van der Waals surface area contributed by atoms with Crippen LogP contribution in [0.4, 0.5) is 0 Å². The predicted molar refractivity (Wildman–Crippen MR) is 300 cm³/mol. The van der Waals surface area contributed by atoms with Gasteiger partial charge in [-0.15, -0.1) is 0 Å². The first-order chi connectivity index (χ1) is 40.4. The second kappa shape index (κ2) is 32.7. The Kier molecular flexibility index (Phi) is 29.4. The Hall–Kier alpha value is -5.32. The highest BCUT2D eigenvalue weighted by Gasteiger charge is 2.49. The fraction of sp³-hybridized carbons (Fsp3) is 0.628. The Balaban J connectivity index is 0.000000409. The molecule has 4 aromatic heterocycles. The molecular weight excluding hydrogens is 1330 g/mol. The van der Waals surface area contributed by atoms with Gasteiger partial charge < -0.3 is 118 Å². The van der Waals surface area contributed by atoms with Crippen molar-refractivity contribution >= 4 is 31.3 Å². The van der Waals surface area contributed by atoms with E-state index >= 15 is 0 Å². The van der Waals surface area contributed by atoms with E-state index < -0.39 is 200 Å². The second-order valence-electron chi connectivity index (χ2n) is 19.2. The van der Waals surface area contributed by atoms with Gasteiger partial charge in [-0.25, -0.2) is 37.4 Å². The maximum Gasteiger partial charge on any atom is 0.469 e. The number of rotatable bonds is 16. The first kappa shape index (κ1) is 81.8. The molecule has 4 fully saturated rings. The average Bonchev–Trinajstić information content (AvgIpc) is 1.83. The number of phosphoric ester groups is 4. The summed E-state index contributed by atoms with van der Waals surface area (Å²) >= 11 is 0. The first-order valence-corrected chi connectivity index (χ1v) is 30.6. The third kappa shape index (κ3) is 21.3. The predicted octanol–water partition coefficient (Wildman–Crippen LogP) is -8.71. The smallest absolute Gasteiger partial charge is 0.387 e. The van der Waals surface area contributed by atoms with Gasteiger partial charge in [-0.2, -0.15) is 0 Å². The molecule has 0 saturated carbocycles. The maximum atomic E-state index is 12.1. The molecule has 20 N–H and O–H groups in total. The van der Waals surface area contributed by atoms with Crippen LogP contribution in [0.15, 0.2) is 63.1 Å². The number of nitrogens with one attached hydrogen (secondary N) is 4. The molecule has 44 nitrogen and oxygen atoms in total. The van der Waals surface area contributed by atoms with E-state index in [-0.39, 0.29) is 44.5 Å². The summed E-state index contributed by atoms with van der Waals surface area (Å²) in [4.78, 5) is 170. The Morgan fingerprint density at radius 1 is 0.407 bits per heavy atom. The minimum Gasteiger partial charge on any atom is -0.387 e. The number of ether oxygens (including phenoxy) is 4. The number of aliphatic hydroxyl groups excluding tert-OH is 8. The number of aromatic nitrogens is 8. The third-order valence-corrected chi connectivity index (χ3v) is 14.9. The lowest BCUT2D eigenvalue weighted by Gasteiger charge is -2.16. The standard InChI is InChI=1S/C11H17N2O9P.2C10H15N2O9P.C9H13N2O9P.3CH4/c1-12-3-5(10(16)13(2)11(12)17)9-8(15)7(14)6(22-9)4-21-23(18,19)20;1-12-2-4(9(15)11-10(12)16)8-7(14)6(13)5(21-8)3-20-22(17,18)19;1-12-9(15)4(2-11-10(12)16)8-7(14)6(13)5(21-8)3-20-22(17,18)19;12-5-4(2-19-21(16,17)18)20-7(6(5)13)3-1-10-9(15)11-8(3)14;;;/h3,6-9,14-15H,4H2,1-2H3,(H2,18,19,20);2,5-8,13-14H,3H2,1H3,(H,11,15,16)(H2,17,18,19);2,5-8,13-14H,3H2,1H3,(H,11,16)(H2,17,18,19);1,4-7,12-13H,2H2,(H2,16,17,18)(H2,10,11,14,15);3*1H4/t6-,7-,8-,9+;2*5-,6-,7-,8+;4-,5-,6-,7+;;;/m1111.../s1. The van der Waals surface area contributed by atoms with Crippen LogP contribution in [0.5, 0.6) is 0 Å². The van der Waals surface area contributed by atoms with Gasteiger partial charge in [0, 0.05) is 53.0 Å². The van der Waals surface area contributed by atoms with Crippen molar-refractivity contribution in [3.05, 3.63) is 130 Å². The number of aliphatic hydroxyl groups is 8. The van der Waals surface area contributed by atoms with Crippen LogP contribution in [-0.2, 0) is 83.5 Å². The van der Waals surface area contributed by atoms with Gasteiger partial charge in [-0.05, 0) is 0 Å². The number of H-pyrrole nitrogens is 4. The summed E-state index contributed by atoms with van der Waals surface area (Å²) in [5.41, 5.74) is -6.11. The highest BCUT2D eigenvalue weighted by molar-refractivity contribution is 7.47. The highest BCUT2D eigenvalue weighted by atomic mass is 31.2. The van der Waals surface area contributed by atoms with Gasteiger partial charge in [0.15, 0.2) is 0 Å². The quantitative estimate of drug-likeness (QED) is 0.0463.